The second-order valence-corrected chi connectivity index (χ2v) is 4.81. The van der Waals surface area contributed by atoms with Crippen LogP contribution in [0.3, 0.4) is 0 Å². The number of nitrogens with one attached hydrogen (secondary N) is 1. The zero-order valence-corrected chi connectivity index (χ0v) is 12.3. The van der Waals surface area contributed by atoms with Crippen molar-refractivity contribution in [2.24, 2.45) is 12.9 Å². The normalized spacial score (nSPS) is 12.2. The topological polar surface area (TPSA) is 68.3 Å². The van der Waals surface area contributed by atoms with Crippen LogP contribution in [0.2, 0.25) is 0 Å². The van der Waals surface area contributed by atoms with Crippen molar-refractivity contribution >= 4 is 5.69 Å². The van der Waals surface area contributed by atoms with Gasteiger partial charge < -0.3 is 9.64 Å². The monoisotopic (exact) mass is 275 g/mol. The first kappa shape index (κ1) is 14.4. The lowest BCUT2D eigenvalue weighted by Gasteiger charge is -2.20. The molecule has 0 aliphatic heterocycles. The molecule has 0 aliphatic rings. The molecule has 0 radical (unpaired) electrons. The Morgan fingerprint density at radius 3 is 2.75 bits per heavy atom. The van der Waals surface area contributed by atoms with Crippen LogP contribution in [0.1, 0.15) is 17.3 Å². The summed E-state index contributed by atoms with van der Waals surface area (Å²) in [5.41, 5.74) is 5.91. The largest absolute Gasteiger partial charge is 0.493 e. The minimum atomic E-state index is -0.183. The van der Waals surface area contributed by atoms with Crippen molar-refractivity contribution in [3.8, 4) is 5.75 Å². The number of benzene rings is 1. The van der Waals surface area contributed by atoms with Crippen molar-refractivity contribution in [1.82, 2.24) is 15.2 Å². The van der Waals surface area contributed by atoms with Gasteiger partial charge in [-0.25, -0.2) is 5.43 Å². The van der Waals surface area contributed by atoms with Crippen molar-refractivity contribution in [2.45, 2.75) is 6.04 Å². The molecule has 0 saturated heterocycles. The van der Waals surface area contributed by atoms with Crippen molar-refractivity contribution in [3.63, 3.8) is 0 Å². The molecule has 2 aromatic rings. The van der Waals surface area contributed by atoms with E-state index in [0.29, 0.717) is 5.75 Å². The zero-order valence-electron chi connectivity index (χ0n) is 12.3. The molecule has 0 bridgehead atoms. The predicted octanol–water partition coefficient (Wildman–Crippen LogP) is 1.05. The SMILES string of the molecule is COc1cnn(C)c1C(NN)c1cccc(N(C)C)c1. The minimum absolute atomic E-state index is 0.183. The Morgan fingerprint density at radius 2 is 2.15 bits per heavy atom. The van der Waals surface area contributed by atoms with Gasteiger partial charge in [-0.15, -0.1) is 0 Å². The Kier molecular flexibility index (Phi) is 4.26. The zero-order chi connectivity index (χ0) is 14.7. The number of rotatable bonds is 5. The average Bonchev–Trinajstić information content (AvgIpc) is 2.82. The van der Waals surface area contributed by atoms with Crippen LogP contribution in [0.4, 0.5) is 5.69 Å². The second-order valence-electron chi connectivity index (χ2n) is 4.81. The standard InChI is InChI=1S/C14H21N5O/c1-18(2)11-7-5-6-10(8-11)13(17-15)14-12(20-4)9-16-19(14)3/h5-9,13,17H,15H2,1-4H3. The van der Waals surface area contributed by atoms with E-state index in [1.807, 2.05) is 33.3 Å². The quantitative estimate of drug-likeness (QED) is 0.630. The Hall–Kier alpha value is -2.05. The summed E-state index contributed by atoms with van der Waals surface area (Å²) in [5, 5.41) is 4.22. The number of nitrogens with two attached hydrogens (primary N) is 1. The summed E-state index contributed by atoms with van der Waals surface area (Å²) < 4.78 is 7.13. The van der Waals surface area contributed by atoms with Crippen LogP contribution in [-0.2, 0) is 7.05 Å². The lowest BCUT2D eigenvalue weighted by atomic mass is 10.0. The fraction of sp³-hybridized carbons (Fsp3) is 0.357. The number of anilines is 1. The Bertz CT molecular complexity index is 579. The summed E-state index contributed by atoms with van der Waals surface area (Å²) in [6, 6.07) is 8.01. The van der Waals surface area contributed by atoms with E-state index in [4.69, 9.17) is 10.6 Å². The van der Waals surface area contributed by atoms with E-state index >= 15 is 0 Å². The molecule has 3 N–H and O–H groups in total. The maximum Gasteiger partial charge on any atom is 0.161 e. The third kappa shape index (κ3) is 2.61. The highest BCUT2D eigenvalue weighted by molar-refractivity contribution is 5.49. The predicted molar refractivity (Wildman–Crippen MR) is 79.7 cm³/mol. The molecule has 1 heterocycles. The van der Waals surface area contributed by atoms with E-state index in [-0.39, 0.29) is 6.04 Å². The van der Waals surface area contributed by atoms with Gasteiger partial charge in [-0.3, -0.25) is 10.5 Å². The van der Waals surface area contributed by atoms with Crippen molar-refractivity contribution in [1.29, 1.82) is 0 Å². The molecular weight excluding hydrogens is 254 g/mol. The van der Waals surface area contributed by atoms with Crippen LogP contribution in [-0.4, -0.2) is 31.0 Å². The average molecular weight is 275 g/mol. The van der Waals surface area contributed by atoms with Gasteiger partial charge in [0.1, 0.15) is 5.69 Å². The summed E-state index contributed by atoms with van der Waals surface area (Å²) in [7, 11) is 7.52. The molecule has 6 heteroatoms. The van der Waals surface area contributed by atoms with Gasteiger partial charge in [0.25, 0.3) is 0 Å². The minimum Gasteiger partial charge on any atom is -0.493 e. The third-order valence-corrected chi connectivity index (χ3v) is 3.33. The maximum atomic E-state index is 5.75. The van der Waals surface area contributed by atoms with Gasteiger partial charge in [0.05, 0.1) is 19.3 Å². The summed E-state index contributed by atoms with van der Waals surface area (Å²) in [4.78, 5) is 2.05. The van der Waals surface area contributed by atoms with E-state index in [1.165, 1.54) is 0 Å². The second kappa shape index (κ2) is 5.94. The third-order valence-electron chi connectivity index (χ3n) is 3.33. The first-order valence-corrected chi connectivity index (χ1v) is 6.37. The van der Waals surface area contributed by atoms with Gasteiger partial charge in [-0.05, 0) is 17.7 Å². The fourth-order valence-corrected chi connectivity index (χ4v) is 2.23. The van der Waals surface area contributed by atoms with E-state index in [0.717, 1.165) is 16.9 Å². The van der Waals surface area contributed by atoms with Crippen LogP contribution >= 0.6 is 0 Å². The van der Waals surface area contributed by atoms with Gasteiger partial charge in [0, 0.05) is 26.8 Å². The molecule has 108 valence electrons. The summed E-state index contributed by atoms with van der Waals surface area (Å²) in [5.74, 6) is 6.47. The van der Waals surface area contributed by atoms with Crippen LogP contribution in [0.25, 0.3) is 0 Å². The van der Waals surface area contributed by atoms with Gasteiger partial charge in [-0.2, -0.15) is 5.10 Å². The highest BCUT2D eigenvalue weighted by Crippen LogP contribution is 2.30. The first-order chi connectivity index (χ1) is 9.58. The molecule has 1 aromatic heterocycles. The van der Waals surface area contributed by atoms with Crippen LogP contribution in [0.15, 0.2) is 30.5 Å². The Morgan fingerprint density at radius 1 is 1.40 bits per heavy atom. The van der Waals surface area contributed by atoms with Gasteiger partial charge >= 0.3 is 0 Å². The number of ether oxygens (including phenoxy) is 1. The highest BCUT2D eigenvalue weighted by Gasteiger charge is 2.21. The molecule has 1 unspecified atom stereocenters. The van der Waals surface area contributed by atoms with Gasteiger partial charge in [-0.1, -0.05) is 12.1 Å². The Labute approximate surface area is 119 Å². The van der Waals surface area contributed by atoms with E-state index in [1.54, 1.807) is 18.0 Å². The van der Waals surface area contributed by atoms with Gasteiger partial charge in [0.15, 0.2) is 5.75 Å². The molecule has 1 atom stereocenters. The number of hydrazine groups is 1. The number of methoxy groups -OCH3 is 1. The molecule has 0 spiro atoms. The van der Waals surface area contributed by atoms with Crippen molar-refractivity contribution < 1.29 is 4.74 Å². The number of hydrogen-bond donors (Lipinski definition) is 2. The van der Waals surface area contributed by atoms with E-state index in [2.05, 4.69) is 27.6 Å². The smallest absolute Gasteiger partial charge is 0.161 e. The highest BCUT2D eigenvalue weighted by atomic mass is 16.5. The molecule has 2 rings (SSSR count). The Balaban J connectivity index is 2.47. The summed E-state index contributed by atoms with van der Waals surface area (Å²) in [6.45, 7) is 0. The molecule has 0 fully saturated rings. The maximum absolute atomic E-state index is 5.75. The molecule has 6 nitrogen and oxygen atoms in total. The first-order valence-electron chi connectivity index (χ1n) is 6.37. The molecule has 0 amide bonds. The van der Waals surface area contributed by atoms with Crippen molar-refractivity contribution in [2.75, 3.05) is 26.1 Å². The van der Waals surface area contributed by atoms with Crippen LogP contribution in [0, 0.1) is 0 Å². The van der Waals surface area contributed by atoms with Crippen molar-refractivity contribution in [3.05, 3.63) is 41.7 Å². The van der Waals surface area contributed by atoms with Crippen LogP contribution < -0.4 is 20.9 Å². The van der Waals surface area contributed by atoms with Gasteiger partial charge in [0.2, 0.25) is 0 Å². The summed E-state index contributed by atoms with van der Waals surface area (Å²) in [6.07, 6.45) is 1.69. The number of nitrogens with zero attached hydrogens (tertiary/aromatic N) is 3. The molecule has 20 heavy (non-hydrogen) atoms. The number of aromatic nitrogens is 2. The fourth-order valence-electron chi connectivity index (χ4n) is 2.23. The molecule has 0 saturated carbocycles. The molecule has 1 aromatic carbocycles. The summed E-state index contributed by atoms with van der Waals surface area (Å²) >= 11 is 0. The molecule has 0 aliphatic carbocycles. The lowest BCUT2D eigenvalue weighted by molar-refractivity contribution is 0.401. The number of hydrogen-bond acceptors (Lipinski definition) is 5. The molecular formula is C14H21N5O. The van der Waals surface area contributed by atoms with E-state index < -0.39 is 0 Å². The van der Waals surface area contributed by atoms with Crippen LogP contribution in [0.5, 0.6) is 5.75 Å². The lowest BCUT2D eigenvalue weighted by Crippen LogP contribution is -2.30. The number of aryl methyl sites for hydroxylation is 1. The van der Waals surface area contributed by atoms with E-state index in [9.17, 15) is 0 Å².